The van der Waals surface area contributed by atoms with Crippen molar-refractivity contribution in [1.82, 2.24) is 4.90 Å². The topological polar surface area (TPSA) is 57.7 Å². The number of anilines is 1. The Morgan fingerprint density at radius 3 is 2.07 bits per heavy atom. The van der Waals surface area contributed by atoms with Crippen molar-refractivity contribution in [2.45, 2.75) is 89.1 Å². The van der Waals surface area contributed by atoms with Crippen molar-refractivity contribution in [1.29, 1.82) is 0 Å². The van der Waals surface area contributed by atoms with Crippen LogP contribution in [0.5, 0.6) is 0 Å². The average molecular weight is 522 g/mol. The molecule has 162 valence electrons. The van der Waals surface area contributed by atoms with Crippen LogP contribution >= 0.6 is 22.6 Å². The zero-order valence-electron chi connectivity index (χ0n) is 17.5. The number of hydrogen-bond donors (Lipinski definition) is 0. The molecule has 1 aromatic carbocycles. The highest BCUT2D eigenvalue weighted by Gasteiger charge is 2.47. The van der Waals surface area contributed by atoms with E-state index in [-0.39, 0.29) is 36.1 Å². The zero-order chi connectivity index (χ0) is 21.1. The molecule has 1 aliphatic heterocycles. The van der Waals surface area contributed by atoms with Gasteiger partial charge in [0.1, 0.15) is 6.04 Å². The Hall–Kier alpha value is -1.44. The third-order valence-electron chi connectivity index (χ3n) is 6.97. The van der Waals surface area contributed by atoms with Crippen molar-refractivity contribution >= 4 is 46.0 Å². The summed E-state index contributed by atoms with van der Waals surface area (Å²) >= 11 is 2.21. The van der Waals surface area contributed by atoms with Crippen LogP contribution in [-0.4, -0.2) is 34.7 Å². The first-order valence-electron chi connectivity index (χ1n) is 11.5. The molecule has 3 amide bonds. The number of rotatable bonds is 4. The normalized spacial score (nSPS) is 24.2. The summed E-state index contributed by atoms with van der Waals surface area (Å²) in [6.45, 7) is 0. The van der Waals surface area contributed by atoms with E-state index in [4.69, 9.17) is 0 Å². The lowest BCUT2D eigenvalue weighted by molar-refractivity contribution is -0.146. The predicted molar refractivity (Wildman–Crippen MR) is 125 cm³/mol. The summed E-state index contributed by atoms with van der Waals surface area (Å²) < 4.78 is 1.06. The van der Waals surface area contributed by atoms with Gasteiger partial charge in [0.15, 0.2) is 0 Å². The summed E-state index contributed by atoms with van der Waals surface area (Å²) in [5.41, 5.74) is 0.610. The Morgan fingerprint density at radius 1 is 0.867 bits per heavy atom. The van der Waals surface area contributed by atoms with E-state index in [0.29, 0.717) is 5.69 Å². The van der Waals surface area contributed by atoms with Crippen molar-refractivity contribution < 1.29 is 14.4 Å². The quantitative estimate of drug-likeness (QED) is 0.316. The van der Waals surface area contributed by atoms with E-state index in [1.54, 1.807) is 0 Å². The van der Waals surface area contributed by atoms with Gasteiger partial charge in [-0.05, 0) is 72.5 Å². The van der Waals surface area contributed by atoms with Crippen LogP contribution in [0.4, 0.5) is 5.69 Å². The van der Waals surface area contributed by atoms with E-state index in [9.17, 15) is 14.4 Å². The van der Waals surface area contributed by atoms with E-state index in [2.05, 4.69) is 22.6 Å². The SMILES string of the molecule is O=C1CC(N(C(=O)C2CCCCC2)C2CCCCCC2)C(=O)N1c1ccc(I)cc1. The number of nitrogens with zero attached hydrogens (tertiary/aromatic N) is 2. The maximum absolute atomic E-state index is 13.7. The summed E-state index contributed by atoms with van der Waals surface area (Å²) in [7, 11) is 0. The third-order valence-corrected chi connectivity index (χ3v) is 7.69. The lowest BCUT2D eigenvalue weighted by Gasteiger charge is -2.38. The van der Waals surface area contributed by atoms with Crippen molar-refractivity contribution in [3.8, 4) is 0 Å². The van der Waals surface area contributed by atoms with Gasteiger partial charge in [0.25, 0.3) is 5.91 Å². The molecule has 30 heavy (non-hydrogen) atoms. The first-order valence-corrected chi connectivity index (χ1v) is 12.6. The first kappa shape index (κ1) is 21.8. The van der Waals surface area contributed by atoms with E-state index >= 15 is 0 Å². The van der Waals surface area contributed by atoms with Crippen LogP contribution in [0, 0.1) is 9.49 Å². The van der Waals surface area contributed by atoms with Crippen LogP contribution in [-0.2, 0) is 14.4 Å². The minimum atomic E-state index is -0.644. The van der Waals surface area contributed by atoms with Gasteiger partial charge in [-0.1, -0.05) is 44.9 Å². The van der Waals surface area contributed by atoms with Gasteiger partial charge in [0.2, 0.25) is 11.8 Å². The molecule has 3 aliphatic rings. The van der Waals surface area contributed by atoms with Gasteiger partial charge in [0.05, 0.1) is 12.1 Å². The second-order valence-electron chi connectivity index (χ2n) is 8.99. The summed E-state index contributed by atoms with van der Waals surface area (Å²) in [5.74, 6) is -0.287. The van der Waals surface area contributed by atoms with E-state index in [0.717, 1.165) is 54.9 Å². The van der Waals surface area contributed by atoms with Gasteiger partial charge < -0.3 is 4.90 Å². The van der Waals surface area contributed by atoms with Gasteiger partial charge >= 0.3 is 0 Å². The fraction of sp³-hybridized carbons (Fsp3) is 0.625. The second kappa shape index (κ2) is 9.79. The smallest absolute Gasteiger partial charge is 0.257 e. The Bertz CT molecular complexity index is 780. The molecule has 1 heterocycles. The largest absolute Gasteiger partial charge is 0.327 e. The highest BCUT2D eigenvalue weighted by Crippen LogP contribution is 2.34. The molecule has 2 aliphatic carbocycles. The zero-order valence-corrected chi connectivity index (χ0v) is 19.7. The van der Waals surface area contributed by atoms with Gasteiger partial charge in [-0.25, -0.2) is 4.90 Å². The Morgan fingerprint density at radius 2 is 1.43 bits per heavy atom. The Kier molecular flexibility index (Phi) is 7.11. The predicted octanol–water partition coefficient (Wildman–Crippen LogP) is 5.05. The van der Waals surface area contributed by atoms with Crippen LogP contribution in [0.1, 0.15) is 77.0 Å². The summed E-state index contributed by atoms with van der Waals surface area (Å²) in [4.78, 5) is 43.2. The highest BCUT2D eigenvalue weighted by atomic mass is 127. The summed E-state index contributed by atoms with van der Waals surface area (Å²) in [5, 5.41) is 0. The average Bonchev–Trinajstić information content (AvgIpc) is 2.93. The molecule has 1 saturated heterocycles. The highest BCUT2D eigenvalue weighted by molar-refractivity contribution is 14.1. The van der Waals surface area contributed by atoms with Gasteiger partial charge in [-0.15, -0.1) is 0 Å². The first-order chi connectivity index (χ1) is 14.6. The summed E-state index contributed by atoms with van der Waals surface area (Å²) in [6.07, 6.45) is 11.7. The van der Waals surface area contributed by atoms with E-state index in [1.165, 1.54) is 24.2 Å². The molecular formula is C24H31IN2O3. The minimum Gasteiger partial charge on any atom is -0.327 e. The third kappa shape index (κ3) is 4.58. The number of amides is 3. The molecule has 1 unspecified atom stereocenters. The molecule has 6 heteroatoms. The Labute approximate surface area is 192 Å². The van der Waals surface area contributed by atoms with Crippen molar-refractivity contribution in [3.05, 3.63) is 27.8 Å². The van der Waals surface area contributed by atoms with E-state index in [1.807, 2.05) is 29.2 Å². The molecule has 5 nitrogen and oxygen atoms in total. The molecule has 0 bridgehead atoms. The second-order valence-corrected chi connectivity index (χ2v) is 10.2. The molecule has 0 spiro atoms. The number of halogens is 1. The number of carbonyl (C=O) groups is 3. The summed E-state index contributed by atoms with van der Waals surface area (Å²) in [6, 6.07) is 6.88. The number of hydrogen-bond acceptors (Lipinski definition) is 3. The van der Waals surface area contributed by atoms with Gasteiger partial charge in [-0.2, -0.15) is 0 Å². The van der Waals surface area contributed by atoms with E-state index < -0.39 is 6.04 Å². The fourth-order valence-corrected chi connectivity index (χ4v) is 5.74. The van der Waals surface area contributed by atoms with Gasteiger partial charge in [0, 0.05) is 15.5 Å². The minimum absolute atomic E-state index is 0.0114. The van der Waals surface area contributed by atoms with Crippen molar-refractivity contribution in [3.63, 3.8) is 0 Å². The number of imide groups is 1. The lowest BCUT2D eigenvalue weighted by Crippen LogP contribution is -2.52. The molecule has 1 atom stereocenters. The molecular weight excluding hydrogens is 491 g/mol. The van der Waals surface area contributed by atoms with Crippen LogP contribution in [0.25, 0.3) is 0 Å². The molecule has 0 radical (unpaired) electrons. The monoisotopic (exact) mass is 522 g/mol. The lowest BCUT2D eigenvalue weighted by atomic mass is 9.87. The van der Waals surface area contributed by atoms with Gasteiger partial charge in [-0.3, -0.25) is 14.4 Å². The fourth-order valence-electron chi connectivity index (χ4n) is 5.38. The molecule has 3 fully saturated rings. The van der Waals surface area contributed by atoms with Crippen molar-refractivity contribution in [2.75, 3.05) is 4.90 Å². The molecule has 0 aromatic heterocycles. The standard InChI is InChI=1S/C24H31IN2O3/c25-18-12-14-20(15-13-18)27-22(28)16-21(24(27)30)26(19-10-6-1-2-7-11-19)23(29)17-8-4-3-5-9-17/h12-15,17,19,21H,1-11,16H2. The molecule has 2 saturated carbocycles. The van der Waals surface area contributed by atoms with Crippen molar-refractivity contribution in [2.24, 2.45) is 5.92 Å². The maximum atomic E-state index is 13.7. The maximum Gasteiger partial charge on any atom is 0.257 e. The number of benzene rings is 1. The van der Waals surface area contributed by atoms with Crippen LogP contribution in [0.3, 0.4) is 0 Å². The Balaban J connectivity index is 1.62. The van der Waals surface area contributed by atoms with Crippen LogP contribution in [0.15, 0.2) is 24.3 Å². The number of carbonyl (C=O) groups excluding carboxylic acids is 3. The molecule has 4 rings (SSSR count). The van der Waals surface area contributed by atoms with Crippen LogP contribution < -0.4 is 4.90 Å². The molecule has 0 N–H and O–H groups in total. The van der Waals surface area contributed by atoms with Crippen LogP contribution in [0.2, 0.25) is 0 Å². The molecule has 1 aromatic rings.